The van der Waals surface area contributed by atoms with Crippen LogP contribution in [-0.4, -0.2) is 54.9 Å². The van der Waals surface area contributed by atoms with E-state index >= 15 is 0 Å². The van der Waals surface area contributed by atoms with Crippen molar-refractivity contribution in [2.45, 2.75) is 0 Å². The van der Waals surface area contributed by atoms with Gasteiger partial charge in [-0.3, -0.25) is 0 Å². The third-order valence-corrected chi connectivity index (χ3v) is 5.44. The molecule has 4 rings (SSSR count). The summed E-state index contributed by atoms with van der Waals surface area (Å²) in [4.78, 5) is 23.2. The topological polar surface area (TPSA) is 81.5 Å². The summed E-state index contributed by atoms with van der Waals surface area (Å²) in [6.45, 7) is 1.29. The molecule has 4 aromatic rings. The van der Waals surface area contributed by atoms with Crippen molar-refractivity contribution in [3.8, 4) is 5.82 Å². The zero-order valence-electron chi connectivity index (χ0n) is 18.6. The predicted octanol–water partition coefficient (Wildman–Crippen LogP) is 4.69. The van der Waals surface area contributed by atoms with Gasteiger partial charge in [0.2, 0.25) is 5.95 Å². The van der Waals surface area contributed by atoms with E-state index in [-0.39, 0.29) is 0 Å². The van der Waals surface area contributed by atoms with E-state index < -0.39 is 5.97 Å². The molecule has 0 atom stereocenters. The molecule has 2 aromatic carbocycles. The van der Waals surface area contributed by atoms with Gasteiger partial charge in [-0.15, -0.1) is 0 Å². The van der Waals surface area contributed by atoms with Gasteiger partial charge in [-0.1, -0.05) is 11.6 Å². The van der Waals surface area contributed by atoms with E-state index in [9.17, 15) is 4.79 Å². The zero-order valence-corrected chi connectivity index (χ0v) is 19.3. The van der Waals surface area contributed by atoms with Crippen molar-refractivity contribution < 1.29 is 14.3 Å². The van der Waals surface area contributed by atoms with E-state index in [0.29, 0.717) is 35.4 Å². The Morgan fingerprint density at radius 1 is 1.15 bits per heavy atom. The Labute approximate surface area is 196 Å². The molecule has 0 aliphatic carbocycles. The number of esters is 1. The molecule has 0 aliphatic heterocycles. The first-order chi connectivity index (χ1) is 16.0. The SMILES string of the molecule is COCCN(C)c1nccc(-n2ccc3cc(Nc4ccc(Cl)cc4C(=O)OC)ccc32)n1. The molecule has 2 heterocycles. The Hall–Kier alpha value is -3.62. The summed E-state index contributed by atoms with van der Waals surface area (Å²) in [6, 6.07) is 14.9. The quantitative estimate of drug-likeness (QED) is 0.378. The number of aromatic nitrogens is 3. The van der Waals surface area contributed by atoms with Crippen LogP contribution >= 0.6 is 11.6 Å². The number of nitrogens with one attached hydrogen (secondary N) is 1. The van der Waals surface area contributed by atoms with Crippen LogP contribution in [0.1, 0.15) is 10.4 Å². The molecule has 8 nitrogen and oxygen atoms in total. The Balaban J connectivity index is 1.62. The molecule has 0 amide bonds. The number of methoxy groups -OCH3 is 2. The summed E-state index contributed by atoms with van der Waals surface area (Å²) < 4.78 is 12.0. The van der Waals surface area contributed by atoms with Crippen molar-refractivity contribution in [1.29, 1.82) is 0 Å². The van der Waals surface area contributed by atoms with E-state index in [0.717, 1.165) is 22.4 Å². The maximum atomic E-state index is 12.1. The summed E-state index contributed by atoms with van der Waals surface area (Å²) in [5.74, 6) is 0.940. The minimum absolute atomic E-state index is 0.369. The van der Waals surface area contributed by atoms with Crippen LogP contribution in [0.2, 0.25) is 5.02 Å². The fourth-order valence-corrected chi connectivity index (χ4v) is 3.64. The van der Waals surface area contributed by atoms with Gasteiger partial charge in [0, 0.05) is 49.2 Å². The van der Waals surface area contributed by atoms with Crippen molar-refractivity contribution in [3.05, 3.63) is 71.5 Å². The number of benzene rings is 2. The van der Waals surface area contributed by atoms with Crippen molar-refractivity contribution in [2.24, 2.45) is 0 Å². The zero-order chi connectivity index (χ0) is 23.4. The van der Waals surface area contributed by atoms with Crippen molar-refractivity contribution in [3.63, 3.8) is 0 Å². The second-order valence-corrected chi connectivity index (χ2v) is 7.83. The highest BCUT2D eigenvalue weighted by molar-refractivity contribution is 6.31. The standard InChI is InChI=1S/C24H24ClN5O3/c1-29(12-13-32-2)24-26-10-8-22(28-24)30-11-9-16-14-18(5-7-21(16)30)27-20-6-4-17(25)15-19(20)23(31)33-3/h4-11,14-15,27H,12-13H2,1-3H3. The number of rotatable bonds is 8. The highest BCUT2D eigenvalue weighted by atomic mass is 35.5. The average Bonchev–Trinajstić information content (AvgIpc) is 3.26. The summed E-state index contributed by atoms with van der Waals surface area (Å²) in [7, 11) is 4.95. The van der Waals surface area contributed by atoms with Crippen molar-refractivity contribution >= 4 is 45.8 Å². The summed E-state index contributed by atoms with van der Waals surface area (Å²) in [5.41, 5.74) is 2.81. The molecule has 33 heavy (non-hydrogen) atoms. The molecule has 9 heteroatoms. The molecule has 0 aliphatic rings. The summed E-state index contributed by atoms with van der Waals surface area (Å²) in [6.07, 6.45) is 3.72. The number of likely N-dealkylation sites (N-methyl/N-ethyl adjacent to an activating group) is 1. The fourth-order valence-electron chi connectivity index (χ4n) is 3.47. The number of carbonyl (C=O) groups is 1. The lowest BCUT2D eigenvalue weighted by atomic mass is 10.1. The van der Waals surface area contributed by atoms with Gasteiger partial charge in [0.25, 0.3) is 0 Å². The van der Waals surface area contributed by atoms with Crippen LogP contribution in [0.5, 0.6) is 0 Å². The molecule has 0 fully saturated rings. The monoisotopic (exact) mass is 465 g/mol. The van der Waals surface area contributed by atoms with Gasteiger partial charge in [-0.2, -0.15) is 4.98 Å². The second-order valence-electron chi connectivity index (χ2n) is 7.40. The number of carbonyl (C=O) groups excluding carboxylic acids is 1. The molecule has 0 radical (unpaired) electrons. The predicted molar refractivity (Wildman–Crippen MR) is 130 cm³/mol. The molecule has 2 aromatic heterocycles. The maximum absolute atomic E-state index is 12.1. The third-order valence-electron chi connectivity index (χ3n) is 5.20. The minimum Gasteiger partial charge on any atom is -0.465 e. The second kappa shape index (κ2) is 9.89. The highest BCUT2D eigenvalue weighted by Crippen LogP contribution is 2.28. The van der Waals surface area contributed by atoms with Crippen LogP contribution in [0.25, 0.3) is 16.7 Å². The van der Waals surface area contributed by atoms with Gasteiger partial charge >= 0.3 is 5.97 Å². The van der Waals surface area contributed by atoms with Gasteiger partial charge in [-0.25, -0.2) is 9.78 Å². The first kappa shape index (κ1) is 22.6. The Morgan fingerprint density at radius 3 is 2.79 bits per heavy atom. The third kappa shape index (κ3) is 4.92. The highest BCUT2D eigenvalue weighted by Gasteiger charge is 2.14. The van der Waals surface area contributed by atoms with E-state index in [4.69, 9.17) is 26.1 Å². The van der Waals surface area contributed by atoms with E-state index in [2.05, 4.69) is 10.3 Å². The molecule has 0 bridgehead atoms. The molecule has 0 unspecified atom stereocenters. The van der Waals surface area contributed by atoms with Crippen LogP contribution in [0.15, 0.2) is 60.9 Å². The number of ether oxygens (including phenoxy) is 2. The fraction of sp³-hybridized carbons (Fsp3) is 0.208. The number of anilines is 3. The van der Waals surface area contributed by atoms with Gasteiger partial charge in [0.1, 0.15) is 5.82 Å². The van der Waals surface area contributed by atoms with Gasteiger partial charge in [0.15, 0.2) is 0 Å². The lowest BCUT2D eigenvalue weighted by Crippen LogP contribution is -2.24. The first-order valence-corrected chi connectivity index (χ1v) is 10.7. The molecule has 0 saturated heterocycles. The number of hydrogen-bond donors (Lipinski definition) is 1. The van der Waals surface area contributed by atoms with Crippen LogP contribution in [0.3, 0.4) is 0 Å². The normalized spacial score (nSPS) is 10.9. The number of nitrogens with zero attached hydrogens (tertiary/aromatic N) is 4. The summed E-state index contributed by atoms with van der Waals surface area (Å²) >= 11 is 6.06. The molecule has 170 valence electrons. The largest absolute Gasteiger partial charge is 0.465 e. The van der Waals surface area contributed by atoms with E-state index in [1.807, 2.05) is 53.0 Å². The minimum atomic E-state index is -0.456. The van der Waals surface area contributed by atoms with Crippen LogP contribution in [0, 0.1) is 0 Å². The number of halogens is 1. The van der Waals surface area contributed by atoms with Crippen molar-refractivity contribution in [2.75, 3.05) is 44.6 Å². The number of hydrogen-bond acceptors (Lipinski definition) is 7. The Morgan fingerprint density at radius 2 is 2.00 bits per heavy atom. The molecular weight excluding hydrogens is 442 g/mol. The molecule has 0 spiro atoms. The smallest absolute Gasteiger partial charge is 0.340 e. The van der Waals surface area contributed by atoms with Crippen LogP contribution < -0.4 is 10.2 Å². The Bertz CT molecular complexity index is 1290. The molecule has 1 N–H and O–H groups in total. The Kier molecular flexibility index (Phi) is 6.76. The number of fused-ring (bicyclic) bond motifs is 1. The molecule has 0 saturated carbocycles. The van der Waals surface area contributed by atoms with E-state index in [1.165, 1.54) is 7.11 Å². The lowest BCUT2D eigenvalue weighted by molar-refractivity contribution is 0.0602. The molecular formula is C24H24ClN5O3. The van der Waals surface area contributed by atoms with Gasteiger partial charge < -0.3 is 24.3 Å². The van der Waals surface area contributed by atoms with Crippen LogP contribution in [-0.2, 0) is 9.47 Å². The van der Waals surface area contributed by atoms with Crippen molar-refractivity contribution in [1.82, 2.24) is 14.5 Å². The maximum Gasteiger partial charge on any atom is 0.340 e. The van der Waals surface area contributed by atoms with Crippen LogP contribution in [0.4, 0.5) is 17.3 Å². The van der Waals surface area contributed by atoms with E-state index in [1.54, 1.807) is 31.5 Å². The average molecular weight is 466 g/mol. The lowest BCUT2D eigenvalue weighted by Gasteiger charge is -2.17. The first-order valence-electron chi connectivity index (χ1n) is 10.3. The summed E-state index contributed by atoms with van der Waals surface area (Å²) in [5, 5.41) is 4.77. The van der Waals surface area contributed by atoms with Gasteiger partial charge in [0.05, 0.1) is 30.5 Å². The van der Waals surface area contributed by atoms with Gasteiger partial charge in [-0.05, 0) is 48.5 Å².